The van der Waals surface area contributed by atoms with Crippen molar-refractivity contribution >= 4 is 17.2 Å². The SMILES string of the molecule is CC(=CCC1CC1)c1cc(Cl)ccc1C. The Morgan fingerprint density at radius 3 is 2.87 bits per heavy atom. The summed E-state index contributed by atoms with van der Waals surface area (Å²) in [7, 11) is 0. The van der Waals surface area contributed by atoms with Gasteiger partial charge in [-0.25, -0.2) is 0 Å². The molecule has 0 atom stereocenters. The minimum absolute atomic E-state index is 0.828. The van der Waals surface area contributed by atoms with Crippen LogP contribution in [0.3, 0.4) is 0 Å². The van der Waals surface area contributed by atoms with E-state index in [4.69, 9.17) is 11.6 Å². The maximum Gasteiger partial charge on any atom is 0.0412 e. The largest absolute Gasteiger partial charge is 0.0843 e. The fraction of sp³-hybridized carbons (Fsp3) is 0.429. The Labute approximate surface area is 97.0 Å². The molecular formula is C14H17Cl. The van der Waals surface area contributed by atoms with E-state index in [1.54, 1.807) is 0 Å². The van der Waals surface area contributed by atoms with Crippen molar-refractivity contribution in [2.24, 2.45) is 5.92 Å². The van der Waals surface area contributed by atoms with Crippen LogP contribution in [0.4, 0.5) is 0 Å². The molecule has 1 saturated carbocycles. The molecule has 2 rings (SSSR count). The van der Waals surface area contributed by atoms with Crippen molar-refractivity contribution in [2.45, 2.75) is 33.1 Å². The molecule has 1 fully saturated rings. The number of benzene rings is 1. The molecule has 0 bridgehead atoms. The van der Waals surface area contributed by atoms with Gasteiger partial charge in [0.2, 0.25) is 0 Å². The zero-order valence-corrected chi connectivity index (χ0v) is 10.1. The van der Waals surface area contributed by atoms with E-state index in [0.717, 1.165) is 10.9 Å². The number of rotatable bonds is 3. The molecule has 0 nitrogen and oxygen atoms in total. The predicted molar refractivity (Wildman–Crippen MR) is 67.2 cm³/mol. The number of hydrogen-bond donors (Lipinski definition) is 0. The normalized spacial score (nSPS) is 16.9. The molecule has 0 heterocycles. The van der Waals surface area contributed by atoms with Crippen LogP contribution in [-0.2, 0) is 0 Å². The second kappa shape index (κ2) is 4.40. The maximum atomic E-state index is 6.01. The maximum absolute atomic E-state index is 6.01. The lowest BCUT2D eigenvalue weighted by molar-refractivity contribution is 0.863. The molecule has 1 heteroatoms. The van der Waals surface area contributed by atoms with Gasteiger partial charge in [0.25, 0.3) is 0 Å². The quantitative estimate of drug-likeness (QED) is 0.683. The van der Waals surface area contributed by atoms with E-state index >= 15 is 0 Å². The molecule has 1 aliphatic rings. The first-order chi connectivity index (χ1) is 7.16. The van der Waals surface area contributed by atoms with Crippen LogP contribution >= 0.6 is 11.6 Å². The number of aryl methyl sites for hydroxylation is 1. The topological polar surface area (TPSA) is 0 Å². The van der Waals surface area contributed by atoms with Crippen LogP contribution < -0.4 is 0 Å². The van der Waals surface area contributed by atoms with Crippen LogP contribution in [0.5, 0.6) is 0 Å². The summed E-state index contributed by atoms with van der Waals surface area (Å²) in [6, 6.07) is 6.11. The molecule has 15 heavy (non-hydrogen) atoms. The van der Waals surface area contributed by atoms with Crippen molar-refractivity contribution in [3.05, 3.63) is 40.4 Å². The lowest BCUT2D eigenvalue weighted by Gasteiger charge is -2.06. The molecule has 0 saturated heterocycles. The first-order valence-electron chi connectivity index (χ1n) is 5.60. The molecule has 1 aliphatic carbocycles. The molecule has 1 aromatic carbocycles. The lowest BCUT2D eigenvalue weighted by Crippen LogP contribution is -1.86. The van der Waals surface area contributed by atoms with Crippen LogP contribution in [0.15, 0.2) is 24.3 Å². The summed E-state index contributed by atoms with van der Waals surface area (Å²) in [6.45, 7) is 4.32. The fourth-order valence-electron chi connectivity index (χ4n) is 1.83. The smallest absolute Gasteiger partial charge is 0.0412 e. The van der Waals surface area contributed by atoms with Crippen LogP contribution in [-0.4, -0.2) is 0 Å². The number of hydrogen-bond acceptors (Lipinski definition) is 0. The van der Waals surface area contributed by atoms with Crippen molar-refractivity contribution in [3.8, 4) is 0 Å². The third-order valence-electron chi connectivity index (χ3n) is 3.08. The minimum atomic E-state index is 0.828. The summed E-state index contributed by atoms with van der Waals surface area (Å²) in [5.41, 5.74) is 3.97. The van der Waals surface area contributed by atoms with Crippen LogP contribution in [0.2, 0.25) is 5.02 Å². The molecule has 0 amide bonds. The molecule has 0 radical (unpaired) electrons. The fourth-order valence-corrected chi connectivity index (χ4v) is 2.00. The second-order valence-electron chi connectivity index (χ2n) is 4.53. The highest BCUT2D eigenvalue weighted by Gasteiger charge is 2.19. The van der Waals surface area contributed by atoms with Gasteiger partial charge >= 0.3 is 0 Å². The van der Waals surface area contributed by atoms with Crippen LogP contribution in [0.1, 0.15) is 37.3 Å². The Bertz CT molecular complexity index is 386. The summed E-state index contributed by atoms with van der Waals surface area (Å²) in [4.78, 5) is 0. The van der Waals surface area contributed by atoms with E-state index in [-0.39, 0.29) is 0 Å². The molecule has 0 spiro atoms. The van der Waals surface area contributed by atoms with Crippen LogP contribution in [0, 0.1) is 12.8 Å². The Morgan fingerprint density at radius 1 is 1.47 bits per heavy atom. The Hall–Kier alpha value is -0.750. The van der Waals surface area contributed by atoms with Crippen molar-refractivity contribution in [1.82, 2.24) is 0 Å². The second-order valence-corrected chi connectivity index (χ2v) is 4.96. The van der Waals surface area contributed by atoms with Gasteiger partial charge in [-0.15, -0.1) is 0 Å². The van der Waals surface area contributed by atoms with Gasteiger partial charge in [-0.1, -0.05) is 23.7 Å². The average molecular weight is 221 g/mol. The molecule has 1 aromatic rings. The van der Waals surface area contributed by atoms with E-state index in [0.29, 0.717) is 0 Å². The van der Waals surface area contributed by atoms with Crippen molar-refractivity contribution in [1.29, 1.82) is 0 Å². The van der Waals surface area contributed by atoms with E-state index < -0.39 is 0 Å². The molecule has 80 valence electrons. The molecule has 0 unspecified atom stereocenters. The van der Waals surface area contributed by atoms with Gasteiger partial charge in [0, 0.05) is 5.02 Å². The van der Waals surface area contributed by atoms with Crippen LogP contribution in [0.25, 0.3) is 5.57 Å². The first kappa shape index (κ1) is 10.8. The molecule has 0 aromatic heterocycles. The van der Waals surface area contributed by atoms with E-state index in [1.807, 2.05) is 6.07 Å². The third kappa shape index (κ3) is 2.85. The molecule has 0 N–H and O–H groups in total. The highest BCUT2D eigenvalue weighted by atomic mass is 35.5. The van der Waals surface area contributed by atoms with Gasteiger partial charge in [0.15, 0.2) is 0 Å². The standard InChI is InChI=1S/C14H17Cl/c1-10(3-5-12-6-7-12)14-9-13(15)8-4-11(14)2/h3-4,8-9,12H,5-7H2,1-2H3. The van der Waals surface area contributed by atoms with Gasteiger partial charge in [-0.2, -0.15) is 0 Å². The Balaban J connectivity index is 2.18. The Kier molecular flexibility index (Phi) is 3.16. The van der Waals surface area contributed by atoms with Gasteiger partial charge < -0.3 is 0 Å². The predicted octanol–water partition coefficient (Wildman–Crippen LogP) is 4.85. The van der Waals surface area contributed by atoms with Gasteiger partial charge in [0.05, 0.1) is 0 Å². The zero-order valence-electron chi connectivity index (χ0n) is 9.39. The van der Waals surface area contributed by atoms with E-state index in [9.17, 15) is 0 Å². The molecule has 0 aliphatic heterocycles. The third-order valence-corrected chi connectivity index (χ3v) is 3.31. The highest BCUT2D eigenvalue weighted by Crippen LogP contribution is 2.34. The number of allylic oxidation sites excluding steroid dienone is 2. The summed E-state index contributed by atoms with van der Waals surface area (Å²) in [5, 5.41) is 0.828. The van der Waals surface area contributed by atoms with Crippen molar-refractivity contribution < 1.29 is 0 Å². The lowest BCUT2D eigenvalue weighted by atomic mass is 10.0. The zero-order chi connectivity index (χ0) is 10.8. The molecular weight excluding hydrogens is 204 g/mol. The number of halogens is 1. The minimum Gasteiger partial charge on any atom is -0.0843 e. The summed E-state index contributed by atoms with van der Waals surface area (Å²) in [6.07, 6.45) is 6.42. The average Bonchev–Trinajstić information content (AvgIpc) is 3.02. The van der Waals surface area contributed by atoms with Gasteiger partial charge in [-0.05, 0) is 67.9 Å². The monoisotopic (exact) mass is 220 g/mol. The summed E-state index contributed by atoms with van der Waals surface area (Å²) >= 11 is 6.01. The summed E-state index contributed by atoms with van der Waals surface area (Å²) < 4.78 is 0. The van der Waals surface area contributed by atoms with Crippen molar-refractivity contribution in [2.75, 3.05) is 0 Å². The summed E-state index contributed by atoms with van der Waals surface area (Å²) in [5.74, 6) is 0.958. The van der Waals surface area contributed by atoms with E-state index in [1.165, 1.54) is 36.0 Å². The first-order valence-corrected chi connectivity index (χ1v) is 5.98. The highest BCUT2D eigenvalue weighted by molar-refractivity contribution is 6.30. The van der Waals surface area contributed by atoms with Gasteiger partial charge in [0.1, 0.15) is 0 Å². The van der Waals surface area contributed by atoms with Crippen molar-refractivity contribution in [3.63, 3.8) is 0 Å². The van der Waals surface area contributed by atoms with E-state index in [2.05, 4.69) is 32.1 Å². The van der Waals surface area contributed by atoms with Gasteiger partial charge in [-0.3, -0.25) is 0 Å². The Morgan fingerprint density at radius 2 is 2.20 bits per heavy atom.